The van der Waals surface area contributed by atoms with Crippen molar-refractivity contribution in [1.82, 2.24) is 4.98 Å². The Kier molecular flexibility index (Phi) is 4.06. The number of ketones is 1. The normalized spacial score (nSPS) is 10.9. The van der Waals surface area contributed by atoms with Crippen LogP contribution in [0.25, 0.3) is 11.1 Å². The standard InChI is InChI=1S/C17H15NO2S/c1-2-12-7-9-13(10-8-12)15(19)11-21-17-18-14-5-3-4-6-16(14)20-17/h3-10H,2,11H2,1H3. The van der Waals surface area contributed by atoms with Gasteiger partial charge in [-0.2, -0.15) is 0 Å². The summed E-state index contributed by atoms with van der Waals surface area (Å²) in [6.45, 7) is 2.10. The fourth-order valence-electron chi connectivity index (χ4n) is 2.05. The van der Waals surface area contributed by atoms with Crippen molar-refractivity contribution in [2.45, 2.75) is 18.6 Å². The largest absolute Gasteiger partial charge is 0.431 e. The topological polar surface area (TPSA) is 43.1 Å². The summed E-state index contributed by atoms with van der Waals surface area (Å²) in [6, 6.07) is 15.4. The molecule has 0 atom stereocenters. The summed E-state index contributed by atoms with van der Waals surface area (Å²) in [4.78, 5) is 16.5. The molecule has 3 nitrogen and oxygen atoms in total. The van der Waals surface area contributed by atoms with Crippen molar-refractivity contribution in [2.24, 2.45) is 0 Å². The van der Waals surface area contributed by atoms with Gasteiger partial charge in [-0.05, 0) is 24.1 Å². The minimum Gasteiger partial charge on any atom is -0.431 e. The number of aromatic nitrogens is 1. The molecule has 4 heteroatoms. The molecule has 0 aliphatic heterocycles. The molecule has 1 heterocycles. The van der Waals surface area contributed by atoms with Crippen LogP contribution in [-0.2, 0) is 6.42 Å². The zero-order chi connectivity index (χ0) is 14.7. The van der Waals surface area contributed by atoms with Gasteiger partial charge in [-0.3, -0.25) is 4.79 Å². The molecule has 0 N–H and O–H groups in total. The van der Waals surface area contributed by atoms with Gasteiger partial charge in [-0.25, -0.2) is 4.98 Å². The monoisotopic (exact) mass is 297 g/mol. The summed E-state index contributed by atoms with van der Waals surface area (Å²) in [7, 11) is 0. The van der Waals surface area contributed by atoms with Gasteiger partial charge in [0.2, 0.25) is 0 Å². The molecule has 106 valence electrons. The Bertz CT molecular complexity index is 729. The molecule has 2 aromatic carbocycles. The SMILES string of the molecule is CCc1ccc(C(=O)CSc2nc3ccccc3o2)cc1. The fourth-order valence-corrected chi connectivity index (χ4v) is 2.78. The van der Waals surface area contributed by atoms with Crippen LogP contribution in [0.4, 0.5) is 0 Å². The molecule has 3 aromatic rings. The average Bonchev–Trinajstić information content (AvgIpc) is 2.95. The highest BCUT2D eigenvalue weighted by atomic mass is 32.2. The number of Topliss-reactive ketones (excluding diaryl/α,β-unsaturated/α-hetero) is 1. The molecule has 21 heavy (non-hydrogen) atoms. The van der Waals surface area contributed by atoms with Gasteiger partial charge in [0.05, 0.1) is 5.75 Å². The molecule has 0 bridgehead atoms. The van der Waals surface area contributed by atoms with E-state index in [4.69, 9.17) is 4.42 Å². The number of oxazole rings is 1. The van der Waals surface area contributed by atoms with Crippen molar-refractivity contribution >= 4 is 28.6 Å². The second-order valence-corrected chi connectivity index (χ2v) is 5.64. The first-order valence-electron chi connectivity index (χ1n) is 6.87. The molecular formula is C17H15NO2S. The summed E-state index contributed by atoms with van der Waals surface area (Å²) in [5.74, 6) is 0.420. The van der Waals surface area contributed by atoms with Gasteiger partial charge in [0.1, 0.15) is 5.52 Å². The molecule has 0 radical (unpaired) electrons. The molecule has 0 fully saturated rings. The van der Waals surface area contributed by atoms with Crippen molar-refractivity contribution < 1.29 is 9.21 Å². The Morgan fingerprint density at radius 3 is 2.62 bits per heavy atom. The lowest BCUT2D eigenvalue weighted by atomic mass is 10.1. The number of hydrogen-bond donors (Lipinski definition) is 0. The molecule has 1 aromatic heterocycles. The number of benzene rings is 2. The summed E-state index contributed by atoms with van der Waals surface area (Å²) in [5.41, 5.74) is 3.54. The molecule has 3 rings (SSSR count). The third-order valence-electron chi connectivity index (χ3n) is 3.29. The average molecular weight is 297 g/mol. The number of thioether (sulfide) groups is 1. The van der Waals surface area contributed by atoms with Crippen molar-refractivity contribution in [1.29, 1.82) is 0 Å². The minimum atomic E-state index is 0.0879. The molecule has 0 aliphatic rings. The molecule has 0 saturated carbocycles. The van der Waals surface area contributed by atoms with Crippen LogP contribution in [0, 0.1) is 0 Å². The van der Waals surface area contributed by atoms with E-state index in [0.717, 1.165) is 23.1 Å². The highest BCUT2D eigenvalue weighted by Crippen LogP contribution is 2.23. The number of carbonyl (C=O) groups excluding carboxylic acids is 1. The smallest absolute Gasteiger partial charge is 0.257 e. The Hall–Kier alpha value is -2.07. The number of nitrogens with zero attached hydrogens (tertiary/aromatic N) is 1. The van der Waals surface area contributed by atoms with E-state index in [1.54, 1.807) is 0 Å². The number of carbonyl (C=O) groups is 1. The number of rotatable bonds is 5. The van der Waals surface area contributed by atoms with Gasteiger partial charge in [-0.15, -0.1) is 0 Å². The first-order valence-corrected chi connectivity index (χ1v) is 7.85. The van der Waals surface area contributed by atoms with E-state index in [1.165, 1.54) is 17.3 Å². The first kappa shape index (κ1) is 13.9. The van der Waals surface area contributed by atoms with E-state index < -0.39 is 0 Å². The number of para-hydroxylation sites is 2. The second-order valence-electron chi connectivity index (χ2n) is 4.71. The zero-order valence-corrected chi connectivity index (χ0v) is 12.5. The van der Waals surface area contributed by atoms with Gasteiger partial charge in [0.15, 0.2) is 11.4 Å². The first-order chi connectivity index (χ1) is 10.3. The predicted molar refractivity (Wildman–Crippen MR) is 84.9 cm³/mol. The molecule has 0 aliphatic carbocycles. The van der Waals surface area contributed by atoms with Crippen molar-refractivity contribution in [3.05, 3.63) is 59.7 Å². The summed E-state index contributed by atoms with van der Waals surface area (Å²) in [6.07, 6.45) is 0.978. The van der Waals surface area contributed by atoms with Crippen LogP contribution in [0.5, 0.6) is 0 Å². The molecule has 0 saturated heterocycles. The predicted octanol–water partition coefficient (Wildman–Crippen LogP) is 4.37. The van der Waals surface area contributed by atoms with Crippen LogP contribution in [0.15, 0.2) is 58.2 Å². The lowest BCUT2D eigenvalue weighted by molar-refractivity contribution is 0.102. The van der Waals surface area contributed by atoms with Gasteiger partial charge in [0, 0.05) is 5.56 Å². The van der Waals surface area contributed by atoms with E-state index in [1.807, 2.05) is 48.5 Å². The van der Waals surface area contributed by atoms with Crippen LogP contribution in [-0.4, -0.2) is 16.5 Å². The third-order valence-corrected chi connectivity index (χ3v) is 4.11. The molecule has 0 spiro atoms. The van der Waals surface area contributed by atoms with E-state index >= 15 is 0 Å². The Labute approximate surface area is 127 Å². The highest BCUT2D eigenvalue weighted by Gasteiger charge is 2.10. The van der Waals surface area contributed by atoms with Crippen LogP contribution in [0.2, 0.25) is 0 Å². The van der Waals surface area contributed by atoms with E-state index in [9.17, 15) is 4.79 Å². The molecular weight excluding hydrogens is 282 g/mol. The van der Waals surface area contributed by atoms with Gasteiger partial charge >= 0.3 is 0 Å². The van der Waals surface area contributed by atoms with Crippen LogP contribution < -0.4 is 0 Å². The summed E-state index contributed by atoms with van der Waals surface area (Å²) >= 11 is 1.33. The van der Waals surface area contributed by atoms with E-state index in [2.05, 4.69) is 11.9 Å². The quantitative estimate of drug-likeness (QED) is 0.518. The molecule has 0 amide bonds. The maximum absolute atomic E-state index is 12.1. The number of hydrogen-bond acceptors (Lipinski definition) is 4. The van der Waals surface area contributed by atoms with Crippen LogP contribution >= 0.6 is 11.8 Å². The maximum Gasteiger partial charge on any atom is 0.257 e. The lowest BCUT2D eigenvalue weighted by Crippen LogP contribution is -2.02. The Morgan fingerprint density at radius 2 is 1.90 bits per heavy atom. The van der Waals surface area contributed by atoms with E-state index in [-0.39, 0.29) is 5.78 Å². The zero-order valence-electron chi connectivity index (χ0n) is 11.7. The van der Waals surface area contributed by atoms with E-state index in [0.29, 0.717) is 11.0 Å². The van der Waals surface area contributed by atoms with Crippen LogP contribution in [0.1, 0.15) is 22.8 Å². The summed E-state index contributed by atoms with van der Waals surface area (Å²) < 4.78 is 5.59. The van der Waals surface area contributed by atoms with Gasteiger partial charge in [0.25, 0.3) is 5.22 Å². The van der Waals surface area contributed by atoms with Crippen LogP contribution in [0.3, 0.4) is 0 Å². The van der Waals surface area contributed by atoms with Crippen molar-refractivity contribution in [3.8, 4) is 0 Å². The Morgan fingerprint density at radius 1 is 1.14 bits per heavy atom. The van der Waals surface area contributed by atoms with Crippen molar-refractivity contribution in [2.75, 3.05) is 5.75 Å². The number of aryl methyl sites for hydroxylation is 1. The van der Waals surface area contributed by atoms with Gasteiger partial charge < -0.3 is 4.42 Å². The molecule has 0 unspecified atom stereocenters. The fraction of sp³-hybridized carbons (Fsp3) is 0.176. The van der Waals surface area contributed by atoms with Gasteiger partial charge in [-0.1, -0.05) is 55.1 Å². The number of fused-ring (bicyclic) bond motifs is 1. The maximum atomic E-state index is 12.1. The highest BCUT2D eigenvalue weighted by molar-refractivity contribution is 7.99. The lowest BCUT2D eigenvalue weighted by Gasteiger charge is -2.01. The third kappa shape index (κ3) is 3.16. The summed E-state index contributed by atoms with van der Waals surface area (Å²) in [5, 5.41) is 0.537. The Balaban J connectivity index is 1.67. The minimum absolute atomic E-state index is 0.0879. The second kappa shape index (κ2) is 6.14. The van der Waals surface area contributed by atoms with Crippen molar-refractivity contribution in [3.63, 3.8) is 0 Å².